The second-order valence-electron chi connectivity index (χ2n) is 9.51. The molecule has 2 aliphatic rings. The summed E-state index contributed by atoms with van der Waals surface area (Å²) in [4.78, 5) is 34.2. The van der Waals surface area contributed by atoms with Gasteiger partial charge in [0.2, 0.25) is 18.6 Å². The number of nitrogens with two attached hydrogens (primary N) is 1. The molecule has 1 heterocycles. The van der Waals surface area contributed by atoms with Crippen LogP contribution in [0.1, 0.15) is 58.4 Å². The predicted octanol–water partition coefficient (Wildman–Crippen LogP) is 3.90. The normalized spacial score (nSPS) is 16.0. The molecule has 0 radical (unpaired) electrons. The van der Waals surface area contributed by atoms with Crippen molar-refractivity contribution in [1.29, 1.82) is 0 Å². The average molecular weight is 520 g/mol. The van der Waals surface area contributed by atoms with Gasteiger partial charge in [0.05, 0.1) is 0 Å². The van der Waals surface area contributed by atoms with Crippen LogP contribution in [0.5, 0.6) is 11.5 Å². The van der Waals surface area contributed by atoms with Gasteiger partial charge < -0.3 is 25.8 Å². The number of nitrogens with one attached hydrogen (secondary N) is 2. The molecular formula is C27H41N3O5S. The number of aldehydes is 1. The summed E-state index contributed by atoms with van der Waals surface area (Å²) in [6, 6.07) is 5.52. The number of amides is 2. The van der Waals surface area contributed by atoms with E-state index in [1.165, 1.54) is 7.05 Å². The molecule has 2 amide bonds. The monoisotopic (exact) mass is 519 g/mol. The number of hydrogen-bond acceptors (Lipinski definition) is 7. The van der Waals surface area contributed by atoms with Crippen molar-refractivity contribution < 1.29 is 23.9 Å². The van der Waals surface area contributed by atoms with E-state index in [-0.39, 0.29) is 31.4 Å². The molecular weight excluding hydrogens is 478 g/mol. The Bertz CT molecular complexity index is 953. The number of benzene rings is 1. The Balaban J connectivity index is 0.000000346. The topological polar surface area (TPSA) is 120 Å². The Hall–Kier alpha value is -2.78. The number of carbonyl (C=O) groups is 3. The van der Waals surface area contributed by atoms with E-state index in [2.05, 4.69) is 56.3 Å². The van der Waals surface area contributed by atoms with Crippen molar-refractivity contribution in [2.45, 2.75) is 59.4 Å². The van der Waals surface area contributed by atoms with Crippen molar-refractivity contribution in [3.05, 3.63) is 46.4 Å². The van der Waals surface area contributed by atoms with Crippen LogP contribution in [0.4, 0.5) is 0 Å². The summed E-state index contributed by atoms with van der Waals surface area (Å²) < 4.78 is 10.5. The molecule has 4 N–H and O–H groups in total. The maximum absolute atomic E-state index is 11.5. The van der Waals surface area contributed by atoms with Gasteiger partial charge in [-0.3, -0.25) is 14.4 Å². The lowest BCUT2D eigenvalue weighted by Gasteiger charge is -2.35. The first-order chi connectivity index (χ1) is 17.0. The molecule has 8 nitrogen and oxygen atoms in total. The van der Waals surface area contributed by atoms with Gasteiger partial charge in [0.25, 0.3) is 0 Å². The number of thiol groups is 1. The summed E-state index contributed by atoms with van der Waals surface area (Å²) in [6.45, 7) is 11.2. The van der Waals surface area contributed by atoms with Crippen LogP contribution in [-0.4, -0.2) is 39.0 Å². The highest BCUT2D eigenvalue weighted by molar-refractivity contribution is 7.84. The SMILES string of the molecule is C=C(C=O)C1=C(S)CC(C(C)(C)C)CC1.CN.CNC(=O)CCC(=O)NCc1ccc2c(c1)OCO2. The first-order valence-electron chi connectivity index (χ1n) is 12.0. The zero-order valence-electron chi connectivity index (χ0n) is 22.1. The predicted molar refractivity (Wildman–Crippen MR) is 146 cm³/mol. The molecule has 0 aromatic heterocycles. The highest BCUT2D eigenvalue weighted by atomic mass is 32.1. The number of fused-ring (bicyclic) bond motifs is 1. The fraction of sp³-hybridized carbons (Fsp3) is 0.519. The third kappa shape index (κ3) is 10.1. The van der Waals surface area contributed by atoms with Gasteiger partial charge >= 0.3 is 0 Å². The van der Waals surface area contributed by atoms with Gasteiger partial charge in [-0.25, -0.2) is 0 Å². The van der Waals surface area contributed by atoms with E-state index in [4.69, 9.17) is 9.47 Å². The van der Waals surface area contributed by atoms with Crippen molar-refractivity contribution in [3.63, 3.8) is 0 Å². The van der Waals surface area contributed by atoms with Crippen molar-refractivity contribution in [2.24, 2.45) is 17.1 Å². The minimum Gasteiger partial charge on any atom is -0.454 e. The molecule has 3 rings (SSSR count). The van der Waals surface area contributed by atoms with Gasteiger partial charge in [0.1, 0.15) is 6.29 Å². The van der Waals surface area contributed by atoms with Crippen molar-refractivity contribution >= 4 is 30.7 Å². The summed E-state index contributed by atoms with van der Waals surface area (Å²) in [5.41, 5.74) is 7.42. The van der Waals surface area contributed by atoms with E-state index in [1.54, 1.807) is 7.05 Å². The molecule has 0 saturated carbocycles. The summed E-state index contributed by atoms with van der Waals surface area (Å²) in [5, 5.41) is 5.23. The first kappa shape index (κ1) is 31.3. The molecule has 1 unspecified atom stereocenters. The van der Waals surface area contributed by atoms with Crippen LogP contribution < -0.4 is 25.8 Å². The minimum atomic E-state index is -0.152. The first-order valence-corrected chi connectivity index (χ1v) is 12.5. The van der Waals surface area contributed by atoms with Crippen LogP contribution in [0.25, 0.3) is 0 Å². The summed E-state index contributed by atoms with van der Waals surface area (Å²) in [6.07, 6.45) is 4.28. The highest BCUT2D eigenvalue weighted by Gasteiger charge is 2.29. The van der Waals surface area contributed by atoms with Crippen LogP contribution in [-0.2, 0) is 20.9 Å². The zero-order chi connectivity index (χ0) is 27.3. The van der Waals surface area contributed by atoms with Crippen molar-refractivity contribution in [1.82, 2.24) is 10.6 Å². The van der Waals surface area contributed by atoms with Gasteiger partial charge in [-0.15, -0.1) is 12.6 Å². The lowest BCUT2D eigenvalue weighted by Crippen LogP contribution is -2.25. The lowest BCUT2D eigenvalue weighted by molar-refractivity contribution is -0.126. The molecule has 9 heteroatoms. The number of ether oxygens (including phenoxy) is 2. The maximum atomic E-state index is 11.5. The molecule has 0 bridgehead atoms. The van der Waals surface area contributed by atoms with Gasteiger partial charge in [-0.05, 0) is 65.8 Å². The molecule has 36 heavy (non-hydrogen) atoms. The molecule has 0 saturated heterocycles. The molecule has 1 aliphatic heterocycles. The summed E-state index contributed by atoms with van der Waals surface area (Å²) in [7, 11) is 3.05. The fourth-order valence-electron chi connectivity index (χ4n) is 3.77. The quantitative estimate of drug-likeness (QED) is 0.246. The minimum absolute atomic E-state index is 0.141. The molecule has 0 fully saturated rings. The van der Waals surface area contributed by atoms with E-state index < -0.39 is 0 Å². The smallest absolute Gasteiger partial charge is 0.231 e. The van der Waals surface area contributed by atoms with E-state index in [9.17, 15) is 14.4 Å². The Morgan fingerprint density at radius 2 is 1.81 bits per heavy atom. The molecule has 1 aliphatic carbocycles. The van der Waals surface area contributed by atoms with Crippen LogP contribution in [0.15, 0.2) is 40.8 Å². The Morgan fingerprint density at radius 3 is 2.39 bits per heavy atom. The van der Waals surface area contributed by atoms with Crippen LogP contribution in [0.3, 0.4) is 0 Å². The molecule has 0 spiro atoms. The van der Waals surface area contributed by atoms with Gasteiger partial charge in [-0.1, -0.05) is 33.4 Å². The standard InChI is InChI=1S/C13H16N2O4.C13H20OS.CH5N/c1-14-12(16)4-5-13(17)15-7-9-2-3-10-11(6-9)19-8-18-10;1-9(8-14)11-6-5-10(7-12(11)15)13(2,3)4;1-2/h2-3,6H,4-5,7-8H2,1H3,(H,14,16)(H,15,17);8,10,15H,1,5-7H2,2-4H3;2H2,1H3. The van der Waals surface area contributed by atoms with E-state index in [0.29, 0.717) is 29.2 Å². The van der Waals surface area contributed by atoms with Crippen LogP contribution in [0.2, 0.25) is 0 Å². The third-order valence-electron chi connectivity index (χ3n) is 6.07. The number of allylic oxidation sites excluding steroid dienone is 3. The second-order valence-corrected chi connectivity index (χ2v) is 10.1. The number of rotatable bonds is 7. The maximum Gasteiger partial charge on any atom is 0.231 e. The lowest BCUT2D eigenvalue weighted by atomic mass is 9.72. The highest BCUT2D eigenvalue weighted by Crippen LogP contribution is 2.42. The van der Waals surface area contributed by atoms with Crippen molar-refractivity contribution in [2.75, 3.05) is 20.9 Å². The molecule has 200 valence electrons. The van der Waals surface area contributed by atoms with E-state index >= 15 is 0 Å². The third-order valence-corrected chi connectivity index (χ3v) is 6.52. The van der Waals surface area contributed by atoms with Crippen LogP contribution >= 0.6 is 12.6 Å². The van der Waals surface area contributed by atoms with E-state index in [0.717, 1.165) is 47.3 Å². The second kappa shape index (κ2) is 15.4. The van der Waals surface area contributed by atoms with E-state index in [1.807, 2.05) is 18.2 Å². The number of hydrogen-bond donors (Lipinski definition) is 4. The zero-order valence-corrected chi connectivity index (χ0v) is 23.0. The summed E-state index contributed by atoms with van der Waals surface area (Å²) in [5.74, 6) is 1.78. The molecule has 1 aromatic carbocycles. The van der Waals surface area contributed by atoms with Gasteiger partial charge in [0.15, 0.2) is 11.5 Å². The average Bonchev–Trinajstić information content (AvgIpc) is 3.34. The van der Waals surface area contributed by atoms with Crippen LogP contribution in [0, 0.1) is 11.3 Å². The van der Waals surface area contributed by atoms with Crippen molar-refractivity contribution in [3.8, 4) is 11.5 Å². The summed E-state index contributed by atoms with van der Waals surface area (Å²) >= 11 is 4.50. The molecule has 1 aromatic rings. The van der Waals surface area contributed by atoms with Gasteiger partial charge in [-0.2, -0.15) is 0 Å². The fourth-order valence-corrected chi connectivity index (χ4v) is 4.25. The van der Waals surface area contributed by atoms with Gasteiger partial charge in [0, 0.05) is 32.0 Å². The Labute approximate surface area is 220 Å². The largest absolute Gasteiger partial charge is 0.454 e. The Kier molecular flexibility index (Phi) is 13.3. The molecule has 1 atom stereocenters. The number of carbonyl (C=O) groups excluding carboxylic acids is 3. The Morgan fingerprint density at radius 1 is 1.17 bits per heavy atom.